The second-order valence-electron chi connectivity index (χ2n) is 13.3. The van der Waals surface area contributed by atoms with Crippen LogP contribution in [-0.2, 0) is 44.4 Å². The molecule has 5 rings (SSSR count). The summed E-state index contributed by atoms with van der Waals surface area (Å²) in [5, 5.41) is 123. The van der Waals surface area contributed by atoms with Crippen molar-refractivity contribution in [1.29, 1.82) is 0 Å². The van der Waals surface area contributed by atoms with Crippen LogP contribution in [0.15, 0.2) is 42.5 Å². The Morgan fingerprint density at radius 2 is 1.31 bits per heavy atom. The van der Waals surface area contributed by atoms with Gasteiger partial charge in [0.15, 0.2) is 48.0 Å². The molecule has 3 heterocycles. The molecule has 0 saturated carbocycles. The van der Waals surface area contributed by atoms with E-state index in [1.807, 2.05) is 0 Å². The molecular weight excluding hydrogens is 740 g/mol. The molecule has 0 bridgehead atoms. The van der Waals surface area contributed by atoms with E-state index in [1.165, 1.54) is 43.3 Å². The molecule has 3 fully saturated rings. The molecule has 3 saturated heterocycles. The number of carbonyl (C=O) groups is 1. The van der Waals surface area contributed by atoms with Crippen molar-refractivity contribution in [2.45, 2.75) is 105 Å². The van der Waals surface area contributed by atoms with Gasteiger partial charge in [-0.1, -0.05) is 12.1 Å². The van der Waals surface area contributed by atoms with Crippen molar-refractivity contribution >= 4 is 12.0 Å². The van der Waals surface area contributed by atoms with Crippen LogP contribution in [0.25, 0.3) is 6.08 Å². The van der Waals surface area contributed by atoms with E-state index in [4.69, 9.17) is 33.2 Å². The summed E-state index contributed by atoms with van der Waals surface area (Å²) in [5.74, 6) is -2.71. The van der Waals surface area contributed by atoms with Crippen molar-refractivity contribution in [2.24, 2.45) is 0 Å². The maximum Gasteiger partial charge on any atom is 0.331 e. The van der Waals surface area contributed by atoms with Crippen LogP contribution >= 0.6 is 0 Å². The molecule has 2 aromatic rings. The highest BCUT2D eigenvalue weighted by molar-refractivity contribution is 5.87. The largest absolute Gasteiger partial charge is 0.504 e. The topological polar surface area (TPSA) is 324 Å². The molecule has 20 heteroatoms. The zero-order valence-electron chi connectivity index (χ0n) is 29.2. The average molecular weight is 787 g/mol. The predicted molar refractivity (Wildman–Crippen MR) is 180 cm³/mol. The molecule has 12 N–H and O–H groups in total. The molecule has 306 valence electrons. The van der Waals surface area contributed by atoms with Gasteiger partial charge in [0.2, 0.25) is 0 Å². The summed E-state index contributed by atoms with van der Waals surface area (Å²) in [7, 11) is 0. The van der Waals surface area contributed by atoms with Gasteiger partial charge in [-0.3, -0.25) is 0 Å². The van der Waals surface area contributed by atoms with Gasteiger partial charge in [-0.25, -0.2) is 4.79 Å². The molecule has 55 heavy (non-hydrogen) atoms. The van der Waals surface area contributed by atoms with Crippen LogP contribution in [0.4, 0.5) is 0 Å². The molecule has 3 aliphatic heterocycles. The summed E-state index contributed by atoms with van der Waals surface area (Å²) in [6, 6.07) is 7.75. The molecule has 0 amide bonds. The highest BCUT2D eigenvalue weighted by Gasteiger charge is 2.53. The number of phenolic OH excluding ortho intramolecular Hbond substituents is 4. The number of esters is 1. The zero-order valence-corrected chi connectivity index (χ0v) is 29.2. The Balaban J connectivity index is 1.41. The molecule has 0 radical (unpaired) electrons. The van der Waals surface area contributed by atoms with Crippen LogP contribution in [0.5, 0.6) is 23.0 Å². The lowest BCUT2D eigenvalue weighted by atomic mass is 9.97. The fraction of sp³-hybridized carbons (Fsp3) is 0.571. The molecule has 3 aliphatic rings. The van der Waals surface area contributed by atoms with Gasteiger partial charge in [-0.2, -0.15) is 0 Å². The van der Waals surface area contributed by atoms with E-state index in [1.54, 1.807) is 0 Å². The smallest absolute Gasteiger partial charge is 0.331 e. The zero-order chi connectivity index (χ0) is 40.1. The Kier molecular flexibility index (Phi) is 14.3. The van der Waals surface area contributed by atoms with E-state index in [-0.39, 0.29) is 24.3 Å². The van der Waals surface area contributed by atoms with Gasteiger partial charge < -0.3 is 94.4 Å². The Morgan fingerprint density at radius 1 is 0.673 bits per heavy atom. The summed E-state index contributed by atoms with van der Waals surface area (Å²) in [6.07, 6.45) is -22.4. The Bertz CT molecular complexity index is 1610. The third kappa shape index (κ3) is 10.0. The number of hydrogen-bond acceptors (Lipinski definition) is 20. The summed E-state index contributed by atoms with van der Waals surface area (Å²) in [4.78, 5) is 13.2. The van der Waals surface area contributed by atoms with Crippen LogP contribution in [0, 0.1) is 0 Å². The maximum atomic E-state index is 13.2. The van der Waals surface area contributed by atoms with Crippen molar-refractivity contribution < 1.29 is 99.2 Å². The van der Waals surface area contributed by atoms with Crippen LogP contribution in [0.1, 0.15) is 18.1 Å². The SMILES string of the molecule is C[C@@H]1O[C@@H](O[C@H]2[C@H](OCCc3ccc(O)c(O)c3)O[C@H](CO[C@@H]3O[C@H](CO)[C@@H](O)[C@H](O)[C@H]3O)[C@@H](OC(=O)/C=C\c3ccc(O)c(O)c3)[C@H]2O)[C@H](O)[C@H](O)[C@H]1O. The quantitative estimate of drug-likeness (QED) is 0.0541. The molecule has 20 nitrogen and oxygen atoms in total. The van der Waals surface area contributed by atoms with Crippen molar-refractivity contribution in [2.75, 3.05) is 19.8 Å². The minimum atomic E-state index is -1.91. The fourth-order valence-corrected chi connectivity index (χ4v) is 6.13. The van der Waals surface area contributed by atoms with E-state index in [0.29, 0.717) is 5.56 Å². The van der Waals surface area contributed by atoms with Crippen molar-refractivity contribution in [3.8, 4) is 23.0 Å². The van der Waals surface area contributed by atoms with Crippen LogP contribution in [0.2, 0.25) is 0 Å². The standard InChI is InChI=1S/C35H46O20/c1-14-24(42)26(44)29(47)34(51-14)55-32-30(48)31(54-23(41)7-4-15-2-5-17(37)19(39)10-15)22(13-50-33-28(46)27(45)25(43)21(12-36)52-33)53-35(32)49-9-8-16-3-6-18(38)20(40)11-16/h2-7,10-11,14,21-22,24-40,42-48H,8-9,12-13H2,1H3/b7-4-/t14-,21+,22+,24-,25+,26+,27-,28+,29+,30+,31+,32+,33+,34-,35+/m0/s1. The number of carbonyl (C=O) groups excluding carboxylic acids is 1. The van der Waals surface area contributed by atoms with Gasteiger partial charge in [-0.15, -0.1) is 0 Å². The summed E-state index contributed by atoms with van der Waals surface area (Å²) < 4.78 is 40.2. The Morgan fingerprint density at radius 3 is 1.98 bits per heavy atom. The lowest BCUT2D eigenvalue weighted by molar-refractivity contribution is -0.370. The van der Waals surface area contributed by atoms with Crippen molar-refractivity contribution in [3.63, 3.8) is 0 Å². The summed E-state index contributed by atoms with van der Waals surface area (Å²) in [6.45, 7) is -0.236. The lowest BCUT2D eigenvalue weighted by Crippen LogP contribution is -2.65. The number of ether oxygens (including phenoxy) is 7. The molecule has 0 aliphatic carbocycles. The third-order valence-corrected chi connectivity index (χ3v) is 9.37. The van der Waals surface area contributed by atoms with Gasteiger partial charge in [0.25, 0.3) is 0 Å². The van der Waals surface area contributed by atoms with E-state index >= 15 is 0 Å². The average Bonchev–Trinajstić information content (AvgIpc) is 3.16. The molecule has 15 atom stereocenters. The number of hydrogen-bond donors (Lipinski definition) is 12. The summed E-state index contributed by atoms with van der Waals surface area (Å²) in [5.41, 5.74) is 0.772. The first-order valence-corrected chi connectivity index (χ1v) is 17.2. The van der Waals surface area contributed by atoms with Gasteiger partial charge in [0.05, 0.1) is 25.9 Å². The van der Waals surface area contributed by atoms with Gasteiger partial charge in [0.1, 0.15) is 61.0 Å². The van der Waals surface area contributed by atoms with Crippen molar-refractivity contribution in [3.05, 3.63) is 53.6 Å². The molecule has 0 unspecified atom stereocenters. The highest BCUT2D eigenvalue weighted by Crippen LogP contribution is 2.33. The highest BCUT2D eigenvalue weighted by atomic mass is 16.8. The molecule has 0 aromatic heterocycles. The first-order chi connectivity index (χ1) is 26.1. The second kappa shape index (κ2) is 18.5. The number of aliphatic hydroxyl groups is 8. The second-order valence-corrected chi connectivity index (χ2v) is 13.3. The third-order valence-electron chi connectivity index (χ3n) is 9.37. The summed E-state index contributed by atoms with van der Waals surface area (Å²) >= 11 is 0. The number of benzene rings is 2. The number of phenols is 4. The first kappa shape index (κ1) is 42.4. The molecule has 0 spiro atoms. The lowest BCUT2D eigenvalue weighted by Gasteiger charge is -2.47. The first-order valence-electron chi connectivity index (χ1n) is 17.2. The van der Waals surface area contributed by atoms with Crippen LogP contribution in [0.3, 0.4) is 0 Å². The monoisotopic (exact) mass is 786 g/mol. The number of aliphatic hydroxyl groups excluding tert-OH is 8. The van der Waals surface area contributed by atoms with Crippen molar-refractivity contribution in [1.82, 2.24) is 0 Å². The number of rotatable bonds is 13. The predicted octanol–water partition coefficient (Wildman–Crippen LogP) is -3.19. The maximum absolute atomic E-state index is 13.2. The van der Waals surface area contributed by atoms with E-state index < -0.39 is 129 Å². The van der Waals surface area contributed by atoms with Gasteiger partial charge >= 0.3 is 5.97 Å². The van der Waals surface area contributed by atoms with E-state index in [9.17, 15) is 66.1 Å². The molecular formula is C35H46O20. The molecule has 2 aromatic carbocycles. The fourth-order valence-electron chi connectivity index (χ4n) is 6.13. The van der Waals surface area contributed by atoms with E-state index in [0.717, 1.165) is 12.1 Å². The minimum absolute atomic E-state index is 0.100. The Hall–Kier alpha value is -3.71. The van der Waals surface area contributed by atoms with Gasteiger partial charge in [0, 0.05) is 6.08 Å². The minimum Gasteiger partial charge on any atom is -0.504 e. The van der Waals surface area contributed by atoms with Crippen LogP contribution in [-0.4, -0.2) is 179 Å². The van der Waals surface area contributed by atoms with Crippen LogP contribution < -0.4 is 0 Å². The van der Waals surface area contributed by atoms with E-state index in [2.05, 4.69) is 0 Å². The Labute approximate surface area is 313 Å². The number of aromatic hydroxyl groups is 4. The normalized spacial score (nSPS) is 36.9. The van der Waals surface area contributed by atoms with Gasteiger partial charge in [-0.05, 0) is 54.8 Å².